The summed E-state index contributed by atoms with van der Waals surface area (Å²) in [5.41, 5.74) is 0. The smallest absolute Gasteiger partial charge is 0.356 e. The Hall–Kier alpha value is 0.906. The normalized spacial score (nSPS) is 10.6. The van der Waals surface area contributed by atoms with Crippen molar-refractivity contribution in [1.29, 1.82) is 0 Å². The quantitative estimate of drug-likeness (QED) is 0.275. The molecule has 0 N–H and O–H groups in total. The highest BCUT2D eigenvalue weighted by Gasteiger charge is 1.86. The summed E-state index contributed by atoms with van der Waals surface area (Å²) in [4.78, 5) is 0. The fraction of sp³-hybridized carbons (Fsp3) is 0.778. The second-order valence-corrected chi connectivity index (χ2v) is 6.07. The molecule has 74 valence electrons. The molecule has 0 saturated carbocycles. The van der Waals surface area contributed by atoms with E-state index in [1.807, 2.05) is 6.92 Å². The van der Waals surface area contributed by atoms with Gasteiger partial charge in [-0.25, -0.2) is 0 Å². The Kier molecular flexibility index (Phi) is 13.8. The molecule has 2 nitrogen and oxygen atoms in total. The lowest BCUT2D eigenvalue weighted by Gasteiger charge is -2.00. The highest BCUT2D eigenvalue weighted by molar-refractivity contribution is 9.23. The van der Waals surface area contributed by atoms with Gasteiger partial charge in [0.05, 0.1) is 6.61 Å². The molecule has 4 heteroatoms. The molecule has 0 radical (unpaired) electrons. The predicted octanol–water partition coefficient (Wildman–Crippen LogP) is 2.77. The van der Waals surface area contributed by atoms with E-state index in [0.29, 0.717) is 6.79 Å². The van der Waals surface area contributed by atoms with E-state index < -0.39 is 0 Å². The maximum Gasteiger partial charge on any atom is 0.468 e. The minimum atomic E-state index is 0.0732. The Morgan fingerprint density at radius 3 is 2.69 bits per heavy atom. The van der Waals surface area contributed by atoms with Gasteiger partial charge in [0.25, 0.3) is 0 Å². The van der Waals surface area contributed by atoms with E-state index in [9.17, 15) is 0 Å². The van der Waals surface area contributed by atoms with E-state index >= 15 is 0 Å². The third-order valence-corrected chi connectivity index (χ3v) is 3.83. The summed E-state index contributed by atoms with van der Waals surface area (Å²) in [6.45, 7) is 3.89. The number of rotatable bonds is 9. The van der Waals surface area contributed by atoms with Crippen LogP contribution >= 0.6 is 12.9 Å². The molecule has 0 fully saturated rings. The fourth-order valence-corrected chi connectivity index (χ4v) is 2.14. The number of hydrogen-bond donors (Lipinski definition) is 0. The van der Waals surface area contributed by atoms with Crippen molar-refractivity contribution in [3.8, 4) is 0 Å². The molecule has 0 aromatic heterocycles. The summed E-state index contributed by atoms with van der Waals surface area (Å²) in [5, 5.41) is 0. The van der Waals surface area contributed by atoms with Crippen LogP contribution < -0.4 is 0 Å². The second kappa shape index (κ2) is 12.9. The van der Waals surface area contributed by atoms with Gasteiger partial charge in [0.1, 0.15) is 6.79 Å². The maximum atomic E-state index is 5.21. The number of ether oxygens (including phenoxy) is 2. The van der Waals surface area contributed by atoms with E-state index in [1.54, 1.807) is 0 Å². The van der Waals surface area contributed by atoms with Crippen LogP contribution in [0.5, 0.6) is 0 Å². The van der Waals surface area contributed by atoms with Gasteiger partial charge < -0.3 is 22.4 Å². The van der Waals surface area contributed by atoms with Gasteiger partial charge in [0.2, 0.25) is 0 Å². The van der Waals surface area contributed by atoms with Crippen molar-refractivity contribution in [2.75, 3.05) is 20.0 Å². The molecule has 0 amide bonds. The molecule has 0 unspecified atom stereocenters. The summed E-state index contributed by atoms with van der Waals surface area (Å²) in [6, 6.07) is 0. The first-order chi connectivity index (χ1) is 6.41. The van der Waals surface area contributed by atoms with Crippen LogP contribution in [-0.2, 0) is 9.47 Å². The summed E-state index contributed by atoms with van der Waals surface area (Å²) in [6.07, 6.45) is 6.63. The van der Waals surface area contributed by atoms with E-state index in [-0.39, 0.29) is 18.2 Å². The lowest BCUT2D eigenvalue weighted by atomic mass is 10.3. The average molecular weight is 261 g/mol. The lowest BCUT2D eigenvalue weighted by molar-refractivity contribution is -0.0476. The third kappa shape index (κ3) is 12.9. The average Bonchev–Trinajstić information content (AvgIpc) is 2.16. The highest BCUT2D eigenvalue weighted by Crippen LogP contribution is 1.95. The van der Waals surface area contributed by atoms with Crippen molar-refractivity contribution < 1.29 is 9.47 Å². The zero-order valence-electron chi connectivity index (χ0n) is 8.30. The van der Waals surface area contributed by atoms with Crippen molar-refractivity contribution >= 4 is 31.1 Å². The van der Waals surface area contributed by atoms with Crippen molar-refractivity contribution in [1.82, 2.24) is 0 Å². The molecule has 0 aliphatic heterocycles. The zero-order valence-corrected chi connectivity index (χ0v) is 11.3. The van der Waals surface area contributed by atoms with Crippen LogP contribution in [0.4, 0.5) is 0 Å². The van der Waals surface area contributed by atoms with Crippen LogP contribution in [0.25, 0.3) is 0 Å². The molecule has 0 spiro atoms. The van der Waals surface area contributed by atoms with Gasteiger partial charge >= 0.3 is 18.2 Å². The number of hydrogen-bond acceptors (Lipinski definition) is 2. The SMILES string of the molecule is CCOCOCC/C=C\C[CH2][Mg][Br]. The molecular formula is C9H17BrMgO2. The highest BCUT2D eigenvalue weighted by atomic mass is 79.9. The minimum Gasteiger partial charge on any atom is -0.356 e. The summed E-state index contributed by atoms with van der Waals surface area (Å²) in [7, 11) is 0. The van der Waals surface area contributed by atoms with Crippen LogP contribution in [0.2, 0.25) is 4.55 Å². The van der Waals surface area contributed by atoms with Crippen molar-refractivity contribution in [2.45, 2.75) is 24.3 Å². The van der Waals surface area contributed by atoms with Crippen molar-refractivity contribution in [3.05, 3.63) is 12.2 Å². The lowest BCUT2D eigenvalue weighted by Crippen LogP contribution is -1.99. The fourth-order valence-electron chi connectivity index (χ4n) is 0.783. The van der Waals surface area contributed by atoms with E-state index in [0.717, 1.165) is 19.6 Å². The standard InChI is InChI=1S/C9H17O2.BrH.Mg/c1-3-5-6-7-8-11-9-10-4-2;;/h5-6H,1,3-4,7-9H2,2H3;1H;/q;;+1/p-1/b6-5-;;. The molecular weight excluding hydrogens is 244 g/mol. The maximum absolute atomic E-state index is 5.21. The van der Waals surface area contributed by atoms with Gasteiger partial charge in [-0.15, -0.1) is 4.55 Å². The summed E-state index contributed by atoms with van der Waals surface area (Å²) >= 11 is 3.60. The molecule has 0 rings (SSSR count). The first-order valence-corrected chi connectivity index (χ1v) is 9.68. The van der Waals surface area contributed by atoms with Crippen LogP contribution in [-0.4, -0.2) is 38.2 Å². The van der Waals surface area contributed by atoms with Gasteiger partial charge in [-0.1, -0.05) is 18.6 Å². The van der Waals surface area contributed by atoms with Gasteiger partial charge in [-0.3, -0.25) is 0 Å². The van der Waals surface area contributed by atoms with Crippen LogP contribution in [0, 0.1) is 0 Å². The predicted molar refractivity (Wildman–Crippen MR) is 60.3 cm³/mol. The van der Waals surface area contributed by atoms with Gasteiger partial charge in [-0.05, 0) is 13.3 Å². The van der Waals surface area contributed by atoms with Crippen LogP contribution in [0.3, 0.4) is 0 Å². The van der Waals surface area contributed by atoms with Crippen LogP contribution in [0.15, 0.2) is 12.2 Å². The topological polar surface area (TPSA) is 18.5 Å². The van der Waals surface area contributed by atoms with Crippen molar-refractivity contribution in [2.24, 2.45) is 0 Å². The second-order valence-electron chi connectivity index (χ2n) is 2.61. The number of allylic oxidation sites excluding steroid dienone is 1. The van der Waals surface area contributed by atoms with Crippen molar-refractivity contribution in [3.63, 3.8) is 0 Å². The first kappa shape index (κ1) is 13.9. The van der Waals surface area contributed by atoms with E-state index in [1.165, 1.54) is 11.0 Å². The Labute approximate surface area is 96.6 Å². The molecule has 0 aliphatic rings. The zero-order chi connectivity index (χ0) is 9.78. The summed E-state index contributed by atoms with van der Waals surface area (Å²) < 4.78 is 11.6. The first-order valence-electron chi connectivity index (χ1n) is 4.78. The molecule has 0 atom stereocenters. The molecule has 0 aromatic carbocycles. The molecule has 13 heavy (non-hydrogen) atoms. The monoisotopic (exact) mass is 260 g/mol. The van der Waals surface area contributed by atoms with Gasteiger partial charge in [-0.2, -0.15) is 0 Å². The molecule has 0 heterocycles. The summed E-state index contributed by atoms with van der Waals surface area (Å²) in [5.74, 6) is 0. The van der Waals surface area contributed by atoms with Gasteiger partial charge in [0, 0.05) is 6.61 Å². The Morgan fingerprint density at radius 2 is 2.00 bits per heavy atom. The molecule has 0 aromatic rings. The van der Waals surface area contributed by atoms with E-state index in [2.05, 4.69) is 25.0 Å². The third-order valence-electron chi connectivity index (χ3n) is 1.47. The van der Waals surface area contributed by atoms with E-state index in [4.69, 9.17) is 9.47 Å². The largest absolute Gasteiger partial charge is 0.468 e. The van der Waals surface area contributed by atoms with Crippen LogP contribution in [0.1, 0.15) is 19.8 Å². The molecule has 0 aliphatic carbocycles. The molecule has 0 bridgehead atoms. The Morgan fingerprint density at radius 1 is 1.23 bits per heavy atom. The Balaban J connectivity index is 2.93. The number of halogens is 1. The molecule has 0 saturated heterocycles. The Bertz CT molecular complexity index is 120. The minimum absolute atomic E-state index is 0.0732. The van der Waals surface area contributed by atoms with Gasteiger partial charge in [0.15, 0.2) is 0 Å².